The van der Waals surface area contributed by atoms with Gasteiger partial charge in [-0.15, -0.1) is 0 Å². The van der Waals surface area contributed by atoms with E-state index in [0.717, 1.165) is 25.1 Å². The highest BCUT2D eigenvalue weighted by molar-refractivity contribution is 5.38. The number of phenols is 2. The molecule has 0 unspecified atom stereocenters. The Labute approximate surface area is 116 Å². The molecule has 0 radical (unpaired) electrons. The molecular formula is C15H26N2O2. The van der Waals surface area contributed by atoms with Crippen LogP contribution in [0, 0.1) is 0 Å². The second-order valence-electron chi connectivity index (χ2n) is 5.27. The molecule has 0 aliphatic carbocycles. The lowest BCUT2D eigenvalue weighted by Crippen LogP contribution is -2.27. The van der Waals surface area contributed by atoms with E-state index < -0.39 is 0 Å². The van der Waals surface area contributed by atoms with Crippen LogP contribution in [-0.4, -0.2) is 41.3 Å². The van der Waals surface area contributed by atoms with Crippen LogP contribution in [0.15, 0.2) is 18.2 Å². The molecule has 0 aromatic heterocycles. The molecule has 0 aliphatic rings. The molecule has 1 aromatic rings. The van der Waals surface area contributed by atoms with Crippen LogP contribution in [0.4, 0.5) is 0 Å². The molecule has 0 atom stereocenters. The number of nitrogens with one attached hydrogen (secondary N) is 1. The number of aromatic hydroxyl groups is 2. The first-order valence-corrected chi connectivity index (χ1v) is 6.92. The predicted octanol–water partition coefficient (Wildman–Crippen LogP) is 2.31. The summed E-state index contributed by atoms with van der Waals surface area (Å²) < 4.78 is 0. The Morgan fingerprint density at radius 1 is 1.21 bits per heavy atom. The van der Waals surface area contributed by atoms with Crippen molar-refractivity contribution >= 4 is 0 Å². The van der Waals surface area contributed by atoms with Crippen LogP contribution in [0.3, 0.4) is 0 Å². The first kappa shape index (κ1) is 15.8. The van der Waals surface area contributed by atoms with Gasteiger partial charge in [0.05, 0.1) is 0 Å². The molecule has 19 heavy (non-hydrogen) atoms. The molecule has 0 saturated heterocycles. The Morgan fingerprint density at radius 3 is 2.58 bits per heavy atom. The van der Waals surface area contributed by atoms with Crippen LogP contribution >= 0.6 is 0 Å². The fraction of sp³-hybridized carbons (Fsp3) is 0.600. The maximum Gasteiger partial charge on any atom is 0.123 e. The Balaban J connectivity index is 2.14. The van der Waals surface area contributed by atoms with E-state index in [4.69, 9.17) is 0 Å². The normalized spacial score (nSPS) is 11.4. The average molecular weight is 266 g/mol. The number of benzene rings is 1. The summed E-state index contributed by atoms with van der Waals surface area (Å²) in [6, 6.07) is 5.30. The SMILES string of the molecule is CC(C)N(C)CCCCNCc1ccc(O)cc1O. The summed E-state index contributed by atoms with van der Waals surface area (Å²) in [5, 5.41) is 22.1. The molecule has 1 aromatic carbocycles. The van der Waals surface area contributed by atoms with Crippen molar-refractivity contribution in [3.05, 3.63) is 23.8 Å². The molecule has 4 nitrogen and oxygen atoms in total. The van der Waals surface area contributed by atoms with Gasteiger partial charge in [0.2, 0.25) is 0 Å². The van der Waals surface area contributed by atoms with Gasteiger partial charge in [0.1, 0.15) is 11.5 Å². The Bertz CT molecular complexity index is 380. The summed E-state index contributed by atoms with van der Waals surface area (Å²) in [7, 11) is 2.15. The van der Waals surface area contributed by atoms with Gasteiger partial charge in [-0.3, -0.25) is 0 Å². The molecule has 0 aliphatic heterocycles. The second kappa shape index (κ2) is 8.02. The minimum absolute atomic E-state index is 0.0953. The maximum atomic E-state index is 9.62. The topological polar surface area (TPSA) is 55.7 Å². The number of unbranched alkanes of at least 4 members (excludes halogenated alkanes) is 1. The first-order chi connectivity index (χ1) is 9.00. The molecule has 0 heterocycles. The van der Waals surface area contributed by atoms with E-state index in [2.05, 4.69) is 31.1 Å². The Hall–Kier alpha value is -1.26. The third-order valence-electron chi connectivity index (χ3n) is 3.38. The van der Waals surface area contributed by atoms with Crippen LogP contribution in [0.2, 0.25) is 0 Å². The zero-order chi connectivity index (χ0) is 14.3. The predicted molar refractivity (Wildman–Crippen MR) is 78.5 cm³/mol. The zero-order valence-electron chi connectivity index (χ0n) is 12.2. The minimum atomic E-state index is 0.0953. The van der Waals surface area contributed by atoms with Crippen molar-refractivity contribution in [3.8, 4) is 11.5 Å². The largest absolute Gasteiger partial charge is 0.508 e. The number of hydrogen-bond acceptors (Lipinski definition) is 4. The van der Waals surface area contributed by atoms with Crippen LogP contribution in [0.25, 0.3) is 0 Å². The van der Waals surface area contributed by atoms with Crippen LogP contribution in [0.5, 0.6) is 11.5 Å². The molecule has 0 bridgehead atoms. The number of nitrogens with zero attached hydrogens (tertiary/aromatic N) is 1. The first-order valence-electron chi connectivity index (χ1n) is 6.92. The van der Waals surface area contributed by atoms with Crippen molar-refractivity contribution in [1.82, 2.24) is 10.2 Å². The van der Waals surface area contributed by atoms with Gasteiger partial charge in [-0.1, -0.05) is 6.07 Å². The van der Waals surface area contributed by atoms with E-state index in [1.165, 1.54) is 12.5 Å². The van der Waals surface area contributed by atoms with E-state index >= 15 is 0 Å². The van der Waals surface area contributed by atoms with Crippen molar-refractivity contribution in [1.29, 1.82) is 0 Å². The summed E-state index contributed by atoms with van der Waals surface area (Å²) in [6.45, 7) is 7.08. The summed E-state index contributed by atoms with van der Waals surface area (Å²) in [5.41, 5.74) is 0.817. The average Bonchev–Trinajstić information content (AvgIpc) is 2.35. The van der Waals surface area contributed by atoms with E-state index in [-0.39, 0.29) is 11.5 Å². The van der Waals surface area contributed by atoms with Gasteiger partial charge in [0, 0.05) is 24.2 Å². The van der Waals surface area contributed by atoms with Crippen molar-refractivity contribution in [3.63, 3.8) is 0 Å². The fourth-order valence-corrected chi connectivity index (χ4v) is 1.79. The number of phenolic OH excluding ortho intramolecular Hbond substituents is 2. The van der Waals surface area contributed by atoms with Gasteiger partial charge in [-0.05, 0) is 52.9 Å². The van der Waals surface area contributed by atoms with Crippen molar-refractivity contribution < 1.29 is 10.2 Å². The molecule has 0 fully saturated rings. The lowest BCUT2D eigenvalue weighted by Gasteiger charge is -2.20. The molecule has 4 heteroatoms. The molecule has 0 amide bonds. The summed E-state index contributed by atoms with van der Waals surface area (Å²) in [6.07, 6.45) is 2.29. The molecule has 108 valence electrons. The van der Waals surface area contributed by atoms with Crippen LogP contribution in [-0.2, 0) is 6.54 Å². The van der Waals surface area contributed by atoms with Crippen molar-refractivity contribution in [2.24, 2.45) is 0 Å². The summed E-state index contributed by atoms with van der Waals surface area (Å²) in [5.74, 6) is 0.241. The Kier molecular flexibility index (Phi) is 6.67. The van der Waals surface area contributed by atoms with E-state index in [1.807, 2.05) is 0 Å². The lowest BCUT2D eigenvalue weighted by molar-refractivity contribution is 0.268. The highest BCUT2D eigenvalue weighted by atomic mass is 16.3. The van der Waals surface area contributed by atoms with Crippen molar-refractivity contribution in [2.75, 3.05) is 20.1 Å². The van der Waals surface area contributed by atoms with E-state index in [9.17, 15) is 10.2 Å². The standard InChI is InChI=1S/C15H26N2O2/c1-12(2)17(3)9-5-4-8-16-11-13-6-7-14(18)10-15(13)19/h6-7,10,12,16,18-19H,4-5,8-9,11H2,1-3H3. The van der Waals surface area contributed by atoms with Gasteiger partial charge in [-0.2, -0.15) is 0 Å². The maximum absolute atomic E-state index is 9.62. The van der Waals surface area contributed by atoms with E-state index in [1.54, 1.807) is 12.1 Å². The van der Waals surface area contributed by atoms with Gasteiger partial charge in [-0.25, -0.2) is 0 Å². The highest BCUT2D eigenvalue weighted by Gasteiger charge is 2.03. The third-order valence-corrected chi connectivity index (χ3v) is 3.38. The second-order valence-corrected chi connectivity index (χ2v) is 5.27. The smallest absolute Gasteiger partial charge is 0.123 e. The highest BCUT2D eigenvalue weighted by Crippen LogP contribution is 2.22. The molecule has 0 spiro atoms. The molecular weight excluding hydrogens is 240 g/mol. The fourth-order valence-electron chi connectivity index (χ4n) is 1.79. The van der Waals surface area contributed by atoms with Crippen LogP contribution < -0.4 is 5.32 Å². The molecule has 3 N–H and O–H groups in total. The van der Waals surface area contributed by atoms with Crippen LogP contribution in [0.1, 0.15) is 32.3 Å². The van der Waals surface area contributed by atoms with Gasteiger partial charge in [0.15, 0.2) is 0 Å². The third kappa shape index (κ3) is 5.94. The van der Waals surface area contributed by atoms with Gasteiger partial charge >= 0.3 is 0 Å². The lowest BCUT2D eigenvalue weighted by atomic mass is 10.2. The minimum Gasteiger partial charge on any atom is -0.508 e. The summed E-state index contributed by atoms with van der Waals surface area (Å²) in [4.78, 5) is 2.34. The molecule has 0 saturated carbocycles. The number of hydrogen-bond donors (Lipinski definition) is 3. The number of rotatable bonds is 8. The quantitative estimate of drug-likeness (QED) is 0.632. The molecule has 1 rings (SSSR count). The zero-order valence-corrected chi connectivity index (χ0v) is 12.2. The van der Waals surface area contributed by atoms with E-state index in [0.29, 0.717) is 12.6 Å². The van der Waals surface area contributed by atoms with Gasteiger partial charge in [0.25, 0.3) is 0 Å². The van der Waals surface area contributed by atoms with Crippen molar-refractivity contribution in [2.45, 2.75) is 39.3 Å². The Morgan fingerprint density at radius 2 is 1.95 bits per heavy atom. The monoisotopic (exact) mass is 266 g/mol. The summed E-state index contributed by atoms with van der Waals surface area (Å²) >= 11 is 0. The van der Waals surface area contributed by atoms with Gasteiger partial charge < -0.3 is 20.4 Å².